The number of halogens is 1. The summed E-state index contributed by atoms with van der Waals surface area (Å²) in [6, 6.07) is 0. The first-order valence-corrected chi connectivity index (χ1v) is 4.95. The smallest absolute Gasteiger partial charge is 0.0738 e. The van der Waals surface area contributed by atoms with E-state index in [-0.39, 0.29) is 11.1 Å². The first-order valence-electron chi connectivity index (χ1n) is 4.04. The van der Waals surface area contributed by atoms with Crippen LogP contribution in [0, 0.1) is 0 Å². The molecule has 0 aromatic carbocycles. The Hall–Kier alpha value is 0.360. The zero-order valence-corrected chi connectivity index (χ0v) is 9.06. The minimum absolute atomic E-state index is 0.111. The summed E-state index contributed by atoms with van der Waals surface area (Å²) in [6.07, 6.45) is 1.07. The molecule has 0 aromatic heterocycles. The molecule has 3 N–H and O–H groups in total. The van der Waals surface area contributed by atoms with Crippen LogP contribution >= 0.6 is 15.9 Å². The monoisotopic (exact) mass is 223 g/mol. The van der Waals surface area contributed by atoms with E-state index < -0.39 is 0 Å². The van der Waals surface area contributed by atoms with Gasteiger partial charge in [0.15, 0.2) is 0 Å². The quantitative estimate of drug-likeness (QED) is 0.319. The van der Waals surface area contributed by atoms with Crippen molar-refractivity contribution in [2.24, 2.45) is 5.73 Å². The van der Waals surface area contributed by atoms with E-state index in [1.54, 1.807) is 0 Å². The summed E-state index contributed by atoms with van der Waals surface area (Å²) < 4.78 is 0. The van der Waals surface area contributed by atoms with Crippen molar-refractivity contribution in [2.45, 2.75) is 38.3 Å². The molecule has 0 aliphatic rings. The summed E-state index contributed by atoms with van der Waals surface area (Å²) in [5, 5.41) is 2.03. The zero-order valence-electron chi connectivity index (χ0n) is 7.47. The van der Waals surface area contributed by atoms with Crippen LogP contribution in [0.15, 0.2) is 0 Å². The summed E-state index contributed by atoms with van der Waals surface area (Å²) >= 11 is 3.40. The van der Waals surface area contributed by atoms with Gasteiger partial charge in [-0.3, -0.25) is 0 Å². The van der Waals surface area contributed by atoms with Gasteiger partial charge in [-0.05, 0) is 13.3 Å². The van der Waals surface area contributed by atoms with Crippen molar-refractivity contribution in [3.63, 3.8) is 0 Å². The lowest BCUT2D eigenvalue weighted by atomic mass is 10.4. The number of nitrogens with one attached hydrogen (secondary N) is 1. The highest BCUT2D eigenvalue weighted by Crippen LogP contribution is 1.98. The highest BCUT2D eigenvalue weighted by molar-refractivity contribution is 9.09. The molecule has 2 unspecified atom stereocenters. The Morgan fingerprint density at radius 3 is 2.36 bits per heavy atom. The summed E-state index contributed by atoms with van der Waals surface area (Å²) in [5.74, 6) is 0. The van der Waals surface area contributed by atoms with Crippen LogP contribution in [0.2, 0.25) is 0 Å². The van der Waals surface area contributed by atoms with Crippen molar-refractivity contribution in [1.82, 2.24) is 10.4 Å². The van der Waals surface area contributed by atoms with Crippen LogP contribution in [0.3, 0.4) is 0 Å². The van der Waals surface area contributed by atoms with Crippen LogP contribution in [-0.4, -0.2) is 22.7 Å². The lowest BCUT2D eigenvalue weighted by molar-refractivity contribution is 0.129. The summed E-state index contributed by atoms with van der Waals surface area (Å²) in [7, 11) is 0. The Labute approximate surface area is 77.4 Å². The Bertz CT molecular complexity index is 97.7. The Kier molecular flexibility index (Phi) is 6.14. The predicted octanol–water partition coefficient (Wildman–Crippen LogP) is 1.25. The maximum Gasteiger partial charge on any atom is 0.0738 e. The second-order valence-corrected chi connectivity index (χ2v) is 3.88. The van der Waals surface area contributed by atoms with Crippen molar-refractivity contribution in [2.75, 3.05) is 6.54 Å². The Balaban J connectivity index is 3.74. The second-order valence-electron chi connectivity index (χ2n) is 2.51. The molecule has 11 heavy (non-hydrogen) atoms. The molecule has 0 fully saturated rings. The fraction of sp³-hybridized carbons (Fsp3) is 1.00. The molecule has 68 valence electrons. The van der Waals surface area contributed by atoms with Gasteiger partial charge in [-0.15, -0.1) is 0 Å². The van der Waals surface area contributed by atoms with Gasteiger partial charge >= 0.3 is 0 Å². The van der Waals surface area contributed by atoms with Crippen molar-refractivity contribution in [3.8, 4) is 0 Å². The van der Waals surface area contributed by atoms with E-state index >= 15 is 0 Å². The standard InChI is InChI=1S/C7H18BrN3/c1-4-7(9)11(5-2)10-6(3)8/h6-7,10H,4-5,9H2,1-3H3. The van der Waals surface area contributed by atoms with E-state index in [1.807, 2.05) is 11.9 Å². The van der Waals surface area contributed by atoms with Crippen LogP contribution in [-0.2, 0) is 0 Å². The summed E-state index contributed by atoms with van der Waals surface area (Å²) in [5.41, 5.74) is 9.02. The third-order valence-electron chi connectivity index (χ3n) is 1.50. The molecular formula is C7H18BrN3. The number of hydrogen-bond donors (Lipinski definition) is 2. The number of hydrogen-bond acceptors (Lipinski definition) is 3. The number of hydrazine groups is 1. The molecule has 2 atom stereocenters. The Morgan fingerprint density at radius 1 is 1.55 bits per heavy atom. The molecular weight excluding hydrogens is 206 g/mol. The van der Waals surface area contributed by atoms with E-state index in [2.05, 4.69) is 35.2 Å². The maximum absolute atomic E-state index is 5.82. The van der Waals surface area contributed by atoms with Gasteiger partial charge in [-0.2, -0.15) is 0 Å². The number of alkyl halides is 1. The lowest BCUT2D eigenvalue weighted by Gasteiger charge is -2.28. The first-order chi connectivity index (χ1) is 5.11. The third-order valence-corrected chi connectivity index (χ3v) is 1.71. The average Bonchev–Trinajstić information content (AvgIpc) is 1.98. The highest BCUT2D eigenvalue weighted by atomic mass is 79.9. The van der Waals surface area contributed by atoms with Gasteiger partial charge in [0.2, 0.25) is 0 Å². The van der Waals surface area contributed by atoms with E-state index in [4.69, 9.17) is 5.73 Å². The first kappa shape index (κ1) is 11.4. The average molecular weight is 224 g/mol. The lowest BCUT2D eigenvalue weighted by Crippen LogP contribution is -2.51. The predicted molar refractivity (Wildman–Crippen MR) is 52.2 cm³/mol. The van der Waals surface area contributed by atoms with E-state index in [0.29, 0.717) is 0 Å². The molecule has 0 saturated carbocycles. The molecule has 0 heterocycles. The van der Waals surface area contributed by atoms with Gasteiger partial charge in [-0.1, -0.05) is 29.8 Å². The topological polar surface area (TPSA) is 41.3 Å². The van der Waals surface area contributed by atoms with Crippen LogP contribution < -0.4 is 11.2 Å². The van der Waals surface area contributed by atoms with Gasteiger partial charge in [0.25, 0.3) is 0 Å². The summed E-state index contributed by atoms with van der Waals surface area (Å²) in [4.78, 5) is 0.278. The maximum atomic E-state index is 5.82. The fourth-order valence-corrected chi connectivity index (χ4v) is 1.13. The van der Waals surface area contributed by atoms with Crippen LogP contribution in [0.4, 0.5) is 0 Å². The van der Waals surface area contributed by atoms with Crippen molar-refractivity contribution < 1.29 is 0 Å². The number of nitrogens with two attached hydrogens (primary N) is 1. The minimum Gasteiger partial charge on any atom is -0.315 e. The van der Waals surface area contributed by atoms with Crippen LogP contribution in [0.25, 0.3) is 0 Å². The SMILES string of the molecule is CCC(N)N(CC)NC(C)Br. The van der Waals surface area contributed by atoms with Gasteiger partial charge in [-0.25, -0.2) is 10.4 Å². The van der Waals surface area contributed by atoms with Gasteiger partial charge in [0, 0.05) is 6.54 Å². The van der Waals surface area contributed by atoms with Gasteiger partial charge in [0.05, 0.1) is 11.1 Å². The van der Waals surface area contributed by atoms with Crippen LogP contribution in [0.5, 0.6) is 0 Å². The zero-order chi connectivity index (χ0) is 8.85. The number of rotatable bonds is 5. The molecule has 4 heteroatoms. The van der Waals surface area contributed by atoms with Gasteiger partial charge in [0.1, 0.15) is 0 Å². The molecule has 0 amide bonds. The highest BCUT2D eigenvalue weighted by Gasteiger charge is 2.10. The molecule has 3 nitrogen and oxygen atoms in total. The van der Waals surface area contributed by atoms with E-state index in [0.717, 1.165) is 13.0 Å². The van der Waals surface area contributed by atoms with Crippen molar-refractivity contribution in [1.29, 1.82) is 0 Å². The van der Waals surface area contributed by atoms with E-state index in [9.17, 15) is 0 Å². The normalized spacial score (nSPS) is 16.9. The van der Waals surface area contributed by atoms with E-state index in [1.165, 1.54) is 0 Å². The molecule has 0 rings (SSSR count). The molecule has 0 radical (unpaired) electrons. The third kappa shape index (κ3) is 4.74. The largest absolute Gasteiger partial charge is 0.315 e. The molecule has 0 saturated heterocycles. The molecule has 0 aliphatic heterocycles. The minimum atomic E-state index is 0.111. The molecule has 0 aliphatic carbocycles. The van der Waals surface area contributed by atoms with Crippen molar-refractivity contribution >= 4 is 15.9 Å². The molecule has 0 bridgehead atoms. The van der Waals surface area contributed by atoms with Gasteiger partial charge < -0.3 is 5.73 Å². The molecule has 0 aromatic rings. The van der Waals surface area contributed by atoms with Crippen molar-refractivity contribution in [3.05, 3.63) is 0 Å². The molecule has 0 spiro atoms. The fourth-order valence-electron chi connectivity index (χ4n) is 0.870. The number of nitrogens with zero attached hydrogens (tertiary/aromatic N) is 1. The second kappa shape index (κ2) is 5.94. The Morgan fingerprint density at radius 2 is 2.09 bits per heavy atom. The summed E-state index contributed by atoms with van der Waals surface area (Å²) in [6.45, 7) is 7.11. The van der Waals surface area contributed by atoms with Crippen LogP contribution in [0.1, 0.15) is 27.2 Å².